The van der Waals surface area contributed by atoms with Crippen molar-refractivity contribution in [3.63, 3.8) is 0 Å². The molecule has 6 nitrogen and oxygen atoms in total. The molecular formula is C24H19NO5. The van der Waals surface area contributed by atoms with Crippen molar-refractivity contribution in [2.45, 2.75) is 12.5 Å². The summed E-state index contributed by atoms with van der Waals surface area (Å²) in [6.45, 7) is 0. The smallest absolute Gasteiger partial charge is 0.305 e. The lowest BCUT2D eigenvalue weighted by molar-refractivity contribution is -0.137. The van der Waals surface area contributed by atoms with Gasteiger partial charge in [0.05, 0.1) is 18.7 Å². The van der Waals surface area contributed by atoms with Crippen LogP contribution < -0.4 is 5.32 Å². The van der Waals surface area contributed by atoms with Crippen molar-refractivity contribution in [2.75, 3.05) is 0 Å². The Morgan fingerprint density at radius 2 is 1.57 bits per heavy atom. The van der Waals surface area contributed by atoms with E-state index in [9.17, 15) is 14.7 Å². The van der Waals surface area contributed by atoms with Crippen molar-refractivity contribution in [3.05, 3.63) is 96.4 Å². The second-order valence-corrected chi connectivity index (χ2v) is 6.75. The lowest BCUT2D eigenvalue weighted by Crippen LogP contribution is -2.29. The predicted molar refractivity (Wildman–Crippen MR) is 111 cm³/mol. The molecule has 0 spiro atoms. The van der Waals surface area contributed by atoms with Gasteiger partial charge in [0, 0.05) is 0 Å². The maximum Gasteiger partial charge on any atom is 0.305 e. The number of furan rings is 2. The zero-order valence-electron chi connectivity index (χ0n) is 15.9. The molecule has 0 fully saturated rings. The number of hydrogen-bond donors (Lipinski definition) is 2. The fourth-order valence-electron chi connectivity index (χ4n) is 3.21. The molecule has 4 aromatic rings. The Kier molecular flexibility index (Phi) is 5.48. The first-order chi connectivity index (χ1) is 14.6. The fourth-order valence-corrected chi connectivity index (χ4v) is 3.21. The zero-order chi connectivity index (χ0) is 20.9. The molecule has 2 aromatic heterocycles. The van der Waals surface area contributed by atoms with Gasteiger partial charge in [0.25, 0.3) is 5.91 Å². The number of amides is 1. The summed E-state index contributed by atoms with van der Waals surface area (Å²) in [4.78, 5) is 24.0. The third-order valence-electron chi connectivity index (χ3n) is 4.70. The molecule has 2 aromatic carbocycles. The largest absolute Gasteiger partial charge is 0.481 e. The molecular weight excluding hydrogens is 382 g/mol. The van der Waals surface area contributed by atoms with Crippen LogP contribution in [0.3, 0.4) is 0 Å². The number of carbonyl (C=O) groups is 2. The van der Waals surface area contributed by atoms with Gasteiger partial charge in [-0.25, -0.2) is 0 Å². The van der Waals surface area contributed by atoms with Crippen molar-refractivity contribution in [1.29, 1.82) is 0 Å². The minimum Gasteiger partial charge on any atom is -0.481 e. The molecule has 2 heterocycles. The highest BCUT2D eigenvalue weighted by Gasteiger charge is 2.21. The minimum absolute atomic E-state index is 0.0812. The Bertz CT molecular complexity index is 1130. The van der Waals surface area contributed by atoms with E-state index in [0.717, 1.165) is 11.1 Å². The van der Waals surface area contributed by atoms with Crippen LogP contribution in [0.5, 0.6) is 0 Å². The molecule has 1 unspecified atom stereocenters. The van der Waals surface area contributed by atoms with Gasteiger partial charge in [-0.3, -0.25) is 9.59 Å². The molecule has 150 valence electrons. The fraction of sp³-hybridized carbons (Fsp3) is 0.0833. The summed E-state index contributed by atoms with van der Waals surface area (Å²) < 4.78 is 10.8. The van der Waals surface area contributed by atoms with Gasteiger partial charge in [-0.2, -0.15) is 0 Å². The van der Waals surface area contributed by atoms with E-state index in [2.05, 4.69) is 5.32 Å². The number of carboxylic acid groups (broad SMARTS) is 1. The van der Waals surface area contributed by atoms with Gasteiger partial charge in [0.2, 0.25) is 0 Å². The number of aliphatic carboxylic acids is 1. The van der Waals surface area contributed by atoms with E-state index in [1.807, 2.05) is 54.6 Å². The third-order valence-corrected chi connectivity index (χ3v) is 4.70. The minimum atomic E-state index is -1.01. The first-order valence-corrected chi connectivity index (χ1v) is 9.42. The van der Waals surface area contributed by atoms with Crippen molar-refractivity contribution in [3.8, 4) is 22.6 Å². The van der Waals surface area contributed by atoms with Gasteiger partial charge in [-0.15, -0.1) is 0 Å². The molecule has 2 N–H and O–H groups in total. The summed E-state index contributed by atoms with van der Waals surface area (Å²) in [6.07, 6.45) is 1.27. The molecule has 0 radical (unpaired) electrons. The normalized spacial score (nSPS) is 11.7. The van der Waals surface area contributed by atoms with Crippen LogP contribution in [0.1, 0.15) is 28.6 Å². The maximum absolute atomic E-state index is 12.7. The van der Waals surface area contributed by atoms with Crippen molar-refractivity contribution < 1.29 is 23.5 Å². The Morgan fingerprint density at radius 3 is 2.23 bits per heavy atom. The van der Waals surface area contributed by atoms with Crippen molar-refractivity contribution >= 4 is 11.9 Å². The summed E-state index contributed by atoms with van der Waals surface area (Å²) >= 11 is 0. The van der Waals surface area contributed by atoms with Crippen LogP contribution in [-0.4, -0.2) is 17.0 Å². The highest BCUT2D eigenvalue weighted by atomic mass is 16.4. The molecule has 0 aliphatic rings. The van der Waals surface area contributed by atoms with Gasteiger partial charge < -0.3 is 19.3 Å². The zero-order valence-corrected chi connectivity index (χ0v) is 15.9. The van der Waals surface area contributed by atoms with Crippen LogP contribution in [0.15, 0.2) is 94.0 Å². The molecule has 6 heteroatoms. The van der Waals surface area contributed by atoms with E-state index in [1.165, 1.54) is 12.3 Å². The molecule has 4 rings (SSSR count). The first kappa shape index (κ1) is 19.3. The SMILES string of the molecule is O=C(O)CC(NC(=O)c1ccc(-c2ccco2)o1)c1ccc(-c2ccccc2)cc1. The lowest BCUT2D eigenvalue weighted by atomic mass is 9.99. The Labute approximate surface area is 172 Å². The Morgan fingerprint density at radius 1 is 0.833 bits per heavy atom. The van der Waals surface area contributed by atoms with Gasteiger partial charge in [0.15, 0.2) is 17.3 Å². The van der Waals surface area contributed by atoms with Gasteiger partial charge in [-0.05, 0) is 41.0 Å². The van der Waals surface area contributed by atoms with Crippen molar-refractivity contribution in [1.82, 2.24) is 5.32 Å². The number of nitrogens with one attached hydrogen (secondary N) is 1. The summed E-state index contributed by atoms with van der Waals surface area (Å²) in [6, 6.07) is 23.2. The molecule has 0 bridgehead atoms. The molecule has 0 aliphatic carbocycles. The van der Waals surface area contributed by atoms with Crippen LogP contribution >= 0.6 is 0 Å². The Hall–Kier alpha value is -4.06. The lowest BCUT2D eigenvalue weighted by Gasteiger charge is -2.17. The van der Waals surface area contributed by atoms with E-state index in [-0.39, 0.29) is 12.2 Å². The van der Waals surface area contributed by atoms with E-state index in [4.69, 9.17) is 8.83 Å². The Balaban J connectivity index is 1.53. The van der Waals surface area contributed by atoms with Gasteiger partial charge >= 0.3 is 5.97 Å². The van der Waals surface area contributed by atoms with Crippen LogP contribution in [0.4, 0.5) is 0 Å². The van der Waals surface area contributed by atoms with E-state index in [1.54, 1.807) is 18.2 Å². The second kappa shape index (κ2) is 8.53. The van der Waals surface area contributed by atoms with Crippen molar-refractivity contribution in [2.24, 2.45) is 0 Å². The topological polar surface area (TPSA) is 92.7 Å². The highest BCUT2D eigenvalue weighted by Crippen LogP contribution is 2.25. The molecule has 1 atom stereocenters. The standard InChI is InChI=1S/C24H19NO5/c26-23(27)15-19(18-10-8-17(9-11-18)16-5-2-1-3-6-16)25-24(28)22-13-12-21(30-22)20-7-4-14-29-20/h1-14,19H,15H2,(H,25,28)(H,26,27). The summed E-state index contributed by atoms with van der Waals surface area (Å²) in [5.41, 5.74) is 2.76. The van der Waals surface area contributed by atoms with Crippen LogP contribution in [0.2, 0.25) is 0 Å². The highest BCUT2D eigenvalue weighted by molar-refractivity contribution is 5.92. The van der Waals surface area contributed by atoms with E-state index < -0.39 is 17.9 Å². The third kappa shape index (κ3) is 4.33. The molecule has 1 amide bonds. The first-order valence-electron chi connectivity index (χ1n) is 9.42. The molecule has 0 saturated carbocycles. The van der Waals surface area contributed by atoms with Crippen LogP contribution in [0.25, 0.3) is 22.6 Å². The summed E-state index contributed by atoms with van der Waals surface area (Å²) in [5, 5.41) is 12.1. The summed E-state index contributed by atoms with van der Waals surface area (Å²) in [5.74, 6) is -0.494. The number of carboxylic acids is 1. The van der Waals surface area contributed by atoms with Gasteiger partial charge in [-0.1, -0.05) is 54.6 Å². The second-order valence-electron chi connectivity index (χ2n) is 6.75. The monoisotopic (exact) mass is 401 g/mol. The molecule has 0 aliphatic heterocycles. The molecule has 0 saturated heterocycles. The predicted octanol–water partition coefficient (Wildman–Crippen LogP) is 5.15. The average Bonchev–Trinajstić information content (AvgIpc) is 3.45. The van der Waals surface area contributed by atoms with E-state index >= 15 is 0 Å². The number of carbonyl (C=O) groups excluding carboxylic acids is 1. The number of benzene rings is 2. The number of hydrogen-bond acceptors (Lipinski definition) is 4. The van der Waals surface area contributed by atoms with Crippen LogP contribution in [0, 0.1) is 0 Å². The van der Waals surface area contributed by atoms with E-state index in [0.29, 0.717) is 17.1 Å². The molecule has 30 heavy (non-hydrogen) atoms. The van der Waals surface area contributed by atoms with Crippen LogP contribution in [-0.2, 0) is 4.79 Å². The number of rotatable bonds is 7. The average molecular weight is 401 g/mol. The van der Waals surface area contributed by atoms with Gasteiger partial charge in [0.1, 0.15) is 0 Å². The maximum atomic E-state index is 12.7. The quantitative estimate of drug-likeness (QED) is 0.447. The summed E-state index contributed by atoms with van der Waals surface area (Å²) in [7, 11) is 0.